The van der Waals surface area contributed by atoms with Crippen LogP contribution in [0.5, 0.6) is 5.75 Å². The number of anilines is 2. The summed E-state index contributed by atoms with van der Waals surface area (Å²) in [5, 5.41) is 6.93. The lowest BCUT2D eigenvalue weighted by Crippen LogP contribution is -2.13. The van der Waals surface area contributed by atoms with Crippen LogP contribution < -0.4 is 15.8 Å². The van der Waals surface area contributed by atoms with E-state index in [1.165, 1.54) is 11.3 Å². The Morgan fingerprint density at radius 2 is 1.89 bits per heavy atom. The number of rotatable bonds is 5. The van der Waals surface area contributed by atoms with Gasteiger partial charge >= 0.3 is 0 Å². The molecule has 0 fully saturated rings. The Balaban J connectivity index is 0.00000126. The van der Waals surface area contributed by atoms with Gasteiger partial charge < -0.3 is 15.8 Å². The Hall–Kier alpha value is -2.45. The van der Waals surface area contributed by atoms with E-state index in [-0.39, 0.29) is 0 Å². The van der Waals surface area contributed by atoms with Crippen molar-refractivity contribution in [2.45, 2.75) is 34.6 Å². The average molecular weight is 405 g/mol. The first-order valence-electron chi connectivity index (χ1n) is 8.54. The van der Waals surface area contributed by atoms with Crippen LogP contribution in [0.1, 0.15) is 40.5 Å². The van der Waals surface area contributed by atoms with Crippen LogP contribution in [0.2, 0.25) is 0 Å². The van der Waals surface area contributed by atoms with Crippen molar-refractivity contribution in [2.24, 2.45) is 5.73 Å². The lowest BCUT2D eigenvalue weighted by molar-refractivity contribution is 0.0999. The standard InChI is InChI=1S/C17H18N4O2S2.C2H6/c1-8-5-14(23-4)12(6-11(8)16(18)22)20-17-21-13(7-24-17)15-9(2)19-10(3)25-15;1-2/h5-7H,1-4H3,(H2,18,22)(H,20,21);1-2H3. The van der Waals surface area contributed by atoms with Crippen LogP contribution in [0.15, 0.2) is 17.5 Å². The molecule has 0 radical (unpaired) electrons. The van der Waals surface area contributed by atoms with E-state index in [9.17, 15) is 4.79 Å². The van der Waals surface area contributed by atoms with Gasteiger partial charge in [0.1, 0.15) is 5.75 Å². The van der Waals surface area contributed by atoms with Gasteiger partial charge in [0.15, 0.2) is 5.13 Å². The summed E-state index contributed by atoms with van der Waals surface area (Å²) in [7, 11) is 1.58. The maximum absolute atomic E-state index is 11.6. The Bertz CT molecular complexity index is 947. The van der Waals surface area contributed by atoms with E-state index in [1.807, 2.05) is 40.0 Å². The largest absolute Gasteiger partial charge is 0.495 e. The molecular weight excluding hydrogens is 380 g/mol. The molecule has 0 aliphatic carbocycles. The molecule has 0 saturated heterocycles. The molecule has 6 nitrogen and oxygen atoms in total. The quantitative estimate of drug-likeness (QED) is 0.620. The summed E-state index contributed by atoms with van der Waals surface area (Å²) in [5.41, 5.74) is 9.18. The number of methoxy groups -OCH3 is 1. The molecule has 3 N–H and O–H groups in total. The van der Waals surface area contributed by atoms with Gasteiger partial charge in [-0.25, -0.2) is 9.97 Å². The number of benzene rings is 1. The summed E-state index contributed by atoms with van der Waals surface area (Å²) < 4.78 is 5.40. The second-order valence-corrected chi connectivity index (χ2v) is 7.60. The first kappa shape index (κ1) is 20.9. The molecule has 0 aliphatic rings. The van der Waals surface area contributed by atoms with Crippen LogP contribution in [0, 0.1) is 20.8 Å². The molecule has 0 unspecified atom stereocenters. The number of nitrogens with zero attached hydrogens (tertiary/aromatic N) is 2. The normalized spacial score (nSPS) is 10.1. The number of carbonyl (C=O) groups excluding carboxylic acids is 1. The number of hydrogen-bond acceptors (Lipinski definition) is 7. The van der Waals surface area contributed by atoms with Gasteiger partial charge in [-0.05, 0) is 38.5 Å². The Morgan fingerprint density at radius 3 is 2.44 bits per heavy atom. The smallest absolute Gasteiger partial charge is 0.249 e. The molecule has 1 amide bonds. The number of aryl methyl sites for hydroxylation is 3. The van der Waals surface area contributed by atoms with Gasteiger partial charge in [-0.15, -0.1) is 22.7 Å². The van der Waals surface area contributed by atoms with E-state index in [0.29, 0.717) is 22.1 Å². The van der Waals surface area contributed by atoms with Crippen molar-refractivity contribution in [1.29, 1.82) is 0 Å². The highest BCUT2D eigenvalue weighted by atomic mass is 32.1. The molecule has 0 atom stereocenters. The molecule has 0 aliphatic heterocycles. The number of amides is 1. The van der Waals surface area contributed by atoms with Crippen molar-refractivity contribution in [1.82, 2.24) is 9.97 Å². The number of ether oxygens (including phenoxy) is 1. The molecular formula is C19H24N4O2S2. The zero-order chi connectivity index (χ0) is 20.1. The third kappa shape index (κ3) is 4.64. The van der Waals surface area contributed by atoms with Crippen LogP contribution in [0.25, 0.3) is 10.6 Å². The van der Waals surface area contributed by atoms with E-state index >= 15 is 0 Å². The van der Waals surface area contributed by atoms with Crippen LogP contribution in [-0.4, -0.2) is 23.0 Å². The van der Waals surface area contributed by atoms with Crippen molar-refractivity contribution in [3.63, 3.8) is 0 Å². The van der Waals surface area contributed by atoms with E-state index < -0.39 is 5.91 Å². The Labute approximate surface area is 167 Å². The maximum atomic E-state index is 11.6. The average Bonchev–Trinajstić information content (AvgIpc) is 3.23. The molecule has 1 aromatic carbocycles. The molecule has 144 valence electrons. The van der Waals surface area contributed by atoms with Crippen molar-refractivity contribution < 1.29 is 9.53 Å². The van der Waals surface area contributed by atoms with E-state index in [2.05, 4.69) is 15.3 Å². The predicted octanol–water partition coefficient (Wildman–Crippen LogP) is 5.07. The monoisotopic (exact) mass is 404 g/mol. The zero-order valence-corrected chi connectivity index (χ0v) is 18.0. The van der Waals surface area contributed by atoms with Crippen molar-refractivity contribution in [2.75, 3.05) is 12.4 Å². The summed E-state index contributed by atoms with van der Waals surface area (Å²) >= 11 is 3.10. The minimum atomic E-state index is -0.473. The van der Waals surface area contributed by atoms with Gasteiger partial charge in [-0.3, -0.25) is 4.79 Å². The van der Waals surface area contributed by atoms with Crippen LogP contribution in [0.4, 0.5) is 10.8 Å². The summed E-state index contributed by atoms with van der Waals surface area (Å²) in [6.45, 7) is 9.78. The number of carbonyl (C=O) groups is 1. The molecule has 8 heteroatoms. The lowest BCUT2D eigenvalue weighted by atomic mass is 10.1. The SMILES string of the molecule is CC.COc1cc(C)c(C(N)=O)cc1Nc1nc(-c2sc(C)nc2C)cs1. The fourth-order valence-electron chi connectivity index (χ4n) is 2.53. The minimum Gasteiger partial charge on any atom is -0.495 e. The molecule has 2 aromatic heterocycles. The van der Waals surface area contributed by atoms with Gasteiger partial charge in [0, 0.05) is 10.9 Å². The zero-order valence-electron chi connectivity index (χ0n) is 16.3. The van der Waals surface area contributed by atoms with Crippen molar-refractivity contribution in [3.8, 4) is 16.3 Å². The van der Waals surface area contributed by atoms with Gasteiger partial charge in [-0.2, -0.15) is 0 Å². The third-order valence-electron chi connectivity index (χ3n) is 3.69. The van der Waals surface area contributed by atoms with Gasteiger partial charge in [0.2, 0.25) is 5.91 Å². The summed E-state index contributed by atoms with van der Waals surface area (Å²) in [5.74, 6) is 0.155. The number of nitrogens with one attached hydrogen (secondary N) is 1. The highest BCUT2D eigenvalue weighted by molar-refractivity contribution is 7.16. The van der Waals surface area contributed by atoms with E-state index in [1.54, 1.807) is 30.6 Å². The van der Waals surface area contributed by atoms with Gasteiger partial charge in [-0.1, -0.05) is 13.8 Å². The van der Waals surface area contributed by atoms with Crippen molar-refractivity contribution >= 4 is 39.4 Å². The van der Waals surface area contributed by atoms with Crippen molar-refractivity contribution in [3.05, 3.63) is 39.3 Å². The Kier molecular flexibility index (Phi) is 6.92. The summed E-state index contributed by atoms with van der Waals surface area (Å²) in [4.78, 5) is 21.7. The van der Waals surface area contributed by atoms with E-state index in [4.69, 9.17) is 10.5 Å². The topological polar surface area (TPSA) is 90.1 Å². The third-order valence-corrected chi connectivity index (χ3v) is 5.55. The van der Waals surface area contributed by atoms with Gasteiger partial charge in [0.25, 0.3) is 0 Å². The summed E-state index contributed by atoms with van der Waals surface area (Å²) in [6.07, 6.45) is 0. The van der Waals surface area contributed by atoms with E-state index in [0.717, 1.165) is 26.8 Å². The highest BCUT2D eigenvalue weighted by Crippen LogP contribution is 2.35. The molecule has 0 spiro atoms. The fraction of sp³-hybridized carbons (Fsp3) is 0.316. The second kappa shape index (κ2) is 8.96. The molecule has 0 bridgehead atoms. The highest BCUT2D eigenvalue weighted by Gasteiger charge is 2.15. The Morgan fingerprint density at radius 1 is 1.19 bits per heavy atom. The summed E-state index contributed by atoms with van der Waals surface area (Å²) in [6, 6.07) is 3.48. The predicted molar refractivity (Wildman–Crippen MR) is 114 cm³/mol. The molecule has 2 heterocycles. The minimum absolute atomic E-state index is 0.453. The number of nitrogens with two attached hydrogens (primary N) is 1. The first-order valence-corrected chi connectivity index (χ1v) is 10.2. The van der Waals surface area contributed by atoms with Gasteiger partial charge in [0.05, 0.1) is 34.1 Å². The first-order chi connectivity index (χ1) is 12.9. The number of primary amides is 1. The number of thiazole rings is 2. The fourth-order valence-corrected chi connectivity index (χ4v) is 4.20. The molecule has 0 saturated carbocycles. The number of aromatic nitrogens is 2. The molecule has 27 heavy (non-hydrogen) atoms. The molecule has 3 rings (SSSR count). The lowest BCUT2D eigenvalue weighted by Gasteiger charge is -2.12. The van der Waals surface area contributed by atoms with Crippen LogP contribution in [0.3, 0.4) is 0 Å². The maximum Gasteiger partial charge on any atom is 0.249 e. The van der Waals surface area contributed by atoms with Crippen LogP contribution >= 0.6 is 22.7 Å². The second-order valence-electron chi connectivity index (χ2n) is 5.54. The molecule has 3 aromatic rings. The van der Waals surface area contributed by atoms with Crippen LogP contribution in [-0.2, 0) is 0 Å². The number of hydrogen-bond donors (Lipinski definition) is 2.